The van der Waals surface area contributed by atoms with Gasteiger partial charge in [0, 0.05) is 31.4 Å². The Bertz CT molecular complexity index is 830. The van der Waals surface area contributed by atoms with Gasteiger partial charge in [-0.2, -0.15) is 5.16 Å². The number of amides is 1. The molecule has 2 saturated heterocycles. The number of β-amino-alcohol motifs (C(OH)–C–C–N with tert-alkyl or cyclic N) is 1. The van der Waals surface area contributed by atoms with Gasteiger partial charge in [-0.05, 0) is 12.0 Å². The van der Waals surface area contributed by atoms with E-state index in [2.05, 4.69) is 17.3 Å². The van der Waals surface area contributed by atoms with Gasteiger partial charge in [0.2, 0.25) is 5.91 Å². The molecule has 0 saturated carbocycles. The third-order valence-electron chi connectivity index (χ3n) is 5.41. The normalized spacial score (nSPS) is 28.1. The molecule has 26 heavy (non-hydrogen) atoms. The van der Waals surface area contributed by atoms with Crippen LogP contribution in [-0.4, -0.2) is 52.5 Å². The first-order chi connectivity index (χ1) is 12.6. The van der Waals surface area contributed by atoms with Crippen LogP contribution in [0.3, 0.4) is 0 Å². The van der Waals surface area contributed by atoms with Gasteiger partial charge in [-0.3, -0.25) is 9.59 Å². The number of nitrogens with zero attached hydrogens (tertiary/aromatic N) is 1. The number of aromatic nitrogens is 1. The van der Waals surface area contributed by atoms with Crippen LogP contribution in [0.5, 0.6) is 0 Å². The summed E-state index contributed by atoms with van der Waals surface area (Å²) in [5, 5.41) is 12.8. The van der Waals surface area contributed by atoms with Crippen LogP contribution in [0.1, 0.15) is 30.1 Å². The monoisotopic (exact) mass is 358 g/mol. The van der Waals surface area contributed by atoms with Crippen LogP contribution in [0, 0.1) is 0 Å². The van der Waals surface area contributed by atoms with E-state index in [0.717, 1.165) is 0 Å². The van der Waals surface area contributed by atoms with Gasteiger partial charge in [-0.25, -0.2) is 0 Å². The lowest BCUT2D eigenvalue weighted by Crippen LogP contribution is -2.41. The summed E-state index contributed by atoms with van der Waals surface area (Å²) in [4.78, 5) is 25.2. The van der Waals surface area contributed by atoms with Crippen molar-refractivity contribution in [1.82, 2.24) is 10.1 Å². The van der Waals surface area contributed by atoms with E-state index >= 15 is 0 Å². The maximum atomic E-state index is 12.5. The first-order valence-corrected chi connectivity index (χ1v) is 8.88. The van der Waals surface area contributed by atoms with E-state index in [4.69, 9.17) is 9.26 Å². The summed E-state index contributed by atoms with van der Waals surface area (Å²) in [6.45, 7) is 1.22. The second-order valence-electron chi connectivity index (χ2n) is 7.16. The number of aliphatic hydroxyl groups excluding tert-OH is 1. The van der Waals surface area contributed by atoms with Gasteiger partial charge in [-0.15, -0.1) is 0 Å². The Labute approximate surface area is 150 Å². The maximum absolute atomic E-state index is 12.5. The van der Waals surface area contributed by atoms with Gasteiger partial charge in [0.25, 0.3) is 5.56 Å². The van der Waals surface area contributed by atoms with Crippen molar-refractivity contribution in [3.8, 4) is 0 Å². The lowest BCUT2D eigenvalue weighted by molar-refractivity contribution is -0.131. The van der Waals surface area contributed by atoms with Crippen molar-refractivity contribution in [2.24, 2.45) is 0 Å². The average molecular weight is 358 g/mol. The van der Waals surface area contributed by atoms with Gasteiger partial charge in [0.05, 0.1) is 13.2 Å². The molecule has 0 unspecified atom stereocenters. The number of nitrogens with one attached hydrogen (secondary N) is 1. The lowest BCUT2D eigenvalue weighted by atomic mass is 9.87. The van der Waals surface area contributed by atoms with E-state index in [0.29, 0.717) is 31.8 Å². The second-order valence-corrected chi connectivity index (χ2v) is 7.16. The molecule has 7 heteroatoms. The number of aryl methyl sites for hydroxylation is 1. The summed E-state index contributed by atoms with van der Waals surface area (Å²) in [5.41, 5.74) is 0.203. The molecule has 0 aliphatic carbocycles. The number of likely N-dealkylation sites (tertiary alicyclic amines) is 1. The van der Waals surface area contributed by atoms with Crippen molar-refractivity contribution in [2.75, 3.05) is 19.7 Å². The van der Waals surface area contributed by atoms with Crippen molar-refractivity contribution in [3.05, 3.63) is 58.1 Å². The molecule has 2 aromatic rings. The minimum atomic E-state index is -0.689. The van der Waals surface area contributed by atoms with Crippen LogP contribution >= 0.6 is 0 Å². The molecule has 1 aromatic carbocycles. The smallest absolute Gasteiger partial charge is 0.280 e. The standard InChI is InChI=1S/C19H22N2O5/c22-16-10-21(18(24)7-6-15-8-17(23)20-26-15)12-19(16)9-14(11-25-19)13-4-2-1-3-5-13/h1-5,8,14,16,22H,6-7,9-12H2,(H,20,23)/t14-,16+,19+/m0/s1. The highest BCUT2D eigenvalue weighted by molar-refractivity contribution is 5.77. The number of carbonyl (C=O) groups excluding carboxylic acids is 1. The fourth-order valence-corrected chi connectivity index (χ4v) is 3.97. The van der Waals surface area contributed by atoms with E-state index in [-0.39, 0.29) is 30.3 Å². The summed E-state index contributed by atoms with van der Waals surface area (Å²) < 4.78 is 11.0. The summed E-state index contributed by atoms with van der Waals surface area (Å²) in [6.07, 6.45) is 0.593. The largest absolute Gasteiger partial charge is 0.388 e. The fraction of sp³-hybridized carbons (Fsp3) is 0.474. The minimum Gasteiger partial charge on any atom is -0.388 e. The summed E-state index contributed by atoms with van der Waals surface area (Å²) in [7, 11) is 0. The number of hydrogen-bond acceptors (Lipinski definition) is 5. The third kappa shape index (κ3) is 3.20. The molecular weight excluding hydrogens is 336 g/mol. The quantitative estimate of drug-likeness (QED) is 0.852. The van der Waals surface area contributed by atoms with Gasteiger partial charge in [-0.1, -0.05) is 30.3 Å². The van der Waals surface area contributed by atoms with E-state index in [9.17, 15) is 14.7 Å². The predicted molar refractivity (Wildman–Crippen MR) is 92.7 cm³/mol. The highest BCUT2D eigenvalue weighted by Gasteiger charge is 2.53. The second kappa shape index (κ2) is 6.74. The number of rotatable bonds is 4. The fourth-order valence-electron chi connectivity index (χ4n) is 3.97. The molecule has 7 nitrogen and oxygen atoms in total. The number of ether oxygens (including phenoxy) is 1. The van der Waals surface area contributed by atoms with E-state index < -0.39 is 11.7 Å². The Morgan fingerprint density at radius 1 is 1.35 bits per heavy atom. The SMILES string of the molecule is O=C(CCc1cc(=O)[nH]o1)N1C[C@@H](O)[C@@]2(C[C@H](c3ccccc3)CO2)C1. The number of aliphatic hydroxyl groups is 1. The Hall–Kier alpha value is -2.38. The average Bonchev–Trinajstić information content (AvgIpc) is 3.35. The predicted octanol–water partition coefficient (Wildman–Crippen LogP) is 1.05. The first kappa shape index (κ1) is 17.1. The van der Waals surface area contributed by atoms with Gasteiger partial charge >= 0.3 is 0 Å². The number of carbonyl (C=O) groups is 1. The van der Waals surface area contributed by atoms with Crippen LogP contribution in [0.25, 0.3) is 0 Å². The van der Waals surface area contributed by atoms with Crippen LogP contribution < -0.4 is 5.56 Å². The van der Waals surface area contributed by atoms with E-state index in [1.54, 1.807) is 4.90 Å². The molecule has 138 valence electrons. The molecule has 4 rings (SSSR count). The molecule has 2 N–H and O–H groups in total. The molecule has 1 spiro atoms. The van der Waals surface area contributed by atoms with E-state index in [1.165, 1.54) is 11.6 Å². The Morgan fingerprint density at radius 2 is 2.15 bits per heavy atom. The zero-order valence-corrected chi connectivity index (χ0v) is 14.4. The molecule has 0 radical (unpaired) electrons. The Morgan fingerprint density at radius 3 is 2.88 bits per heavy atom. The van der Waals surface area contributed by atoms with Crippen molar-refractivity contribution in [2.45, 2.75) is 36.9 Å². The Balaban J connectivity index is 1.38. The molecule has 0 bridgehead atoms. The Kier molecular flexibility index (Phi) is 4.42. The van der Waals surface area contributed by atoms with Crippen LogP contribution in [0.4, 0.5) is 0 Å². The third-order valence-corrected chi connectivity index (χ3v) is 5.41. The van der Waals surface area contributed by atoms with Crippen LogP contribution in [-0.2, 0) is 16.0 Å². The molecule has 3 atom stereocenters. The van der Waals surface area contributed by atoms with Crippen molar-refractivity contribution in [3.63, 3.8) is 0 Å². The van der Waals surface area contributed by atoms with Gasteiger partial charge in [0.15, 0.2) is 0 Å². The molecule has 1 amide bonds. The number of aromatic amines is 1. The van der Waals surface area contributed by atoms with Crippen molar-refractivity contribution in [1.29, 1.82) is 0 Å². The molecule has 2 aliphatic rings. The molecular formula is C19H22N2O5. The van der Waals surface area contributed by atoms with Crippen molar-refractivity contribution < 1.29 is 19.2 Å². The lowest BCUT2D eigenvalue weighted by Gasteiger charge is -2.26. The van der Waals surface area contributed by atoms with E-state index in [1.807, 2.05) is 18.2 Å². The van der Waals surface area contributed by atoms with Crippen molar-refractivity contribution >= 4 is 5.91 Å². The van der Waals surface area contributed by atoms with Crippen LogP contribution in [0.15, 0.2) is 45.7 Å². The summed E-state index contributed by atoms with van der Waals surface area (Å²) in [5.74, 6) is 0.616. The molecule has 2 fully saturated rings. The summed E-state index contributed by atoms with van der Waals surface area (Å²) >= 11 is 0. The topological polar surface area (TPSA) is 95.8 Å². The van der Waals surface area contributed by atoms with Crippen LogP contribution in [0.2, 0.25) is 0 Å². The first-order valence-electron chi connectivity index (χ1n) is 8.88. The zero-order valence-electron chi connectivity index (χ0n) is 14.4. The number of hydrogen-bond donors (Lipinski definition) is 2. The maximum Gasteiger partial charge on any atom is 0.280 e. The number of H-pyrrole nitrogens is 1. The number of benzene rings is 1. The molecule has 3 heterocycles. The van der Waals surface area contributed by atoms with Gasteiger partial charge in [0.1, 0.15) is 17.5 Å². The zero-order chi connectivity index (χ0) is 18.1. The molecule has 2 aliphatic heterocycles. The highest BCUT2D eigenvalue weighted by atomic mass is 16.5. The van der Waals surface area contributed by atoms with Gasteiger partial charge < -0.3 is 19.3 Å². The summed E-state index contributed by atoms with van der Waals surface area (Å²) in [6, 6.07) is 11.5. The highest BCUT2D eigenvalue weighted by Crippen LogP contribution is 2.42. The molecule has 1 aromatic heterocycles. The minimum absolute atomic E-state index is 0.0727.